The highest BCUT2D eigenvalue weighted by atomic mass is 32.3. The molecule has 1 rings (SSSR count). The maximum Gasteiger partial charge on any atom is 0.397 e. The number of carbonyl (C=O) groups is 1. The molecule has 0 spiro atoms. The van der Waals surface area contributed by atoms with Crippen LogP contribution in [0.5, 0.6) is 0 Å². The van der Waals surface area contributed by atoms with E-state index in [1.807, 2.05) is 0 Å². The Morgan fingerprint density at radius 2 is 1.05 bits per heavy atom. The number of hydrogen-bond acceptors (Lipinski definition) is 11. The van der Waals surface area contributed by atoms with Gasteiger partial charge in [-0.25, -0.2) is 4.18 Å². The van der Waals surface area contributed by atoms with Gasteiger partial charge in [0.2, 0.25) is 0 Å². The van der Waals surface area contributed by atoms with Gasteiger partial charge in [-0.2, -0.15) is 8.42 Å². The van der Waals surface area contributed by atoms with Crippen molar-refractivity contribution in [1.82, 2.24) is 0 Å². The lowest BCUT2D eigenvalue weighted by Crippen LogP contribution is -2.60. The Morgan fingerprint density at radius 1 is 0.591 bits per heavy atom. The third-order valence-electron chi connectivity index (χ3n) is 12.0. The van der Waals surface area contributed by atoms with Crippen molar-refractivity contribution in [3.63, 3.8) is 0 Å². The standard InChI is InChI=1S/C53H96O12S/c1-3-5-7-9-11-13-15-17-19-20-21-22-23-24-25-26-27-29-31-33-35-37-39-41-43-61-45-47(46-62-53-51(57)52(65-66(58,59)60)50(56)48(44-54)64-53)63-49(55)42-40-38-36-34-32-30-28-18-16-14-12-10-8-6-4-2/h6,8,12,14,18,28,32,34,47-48,50-54,56-57H,3-5,7,9-11,13,15-17,19-27,29-31,33,35-46H2,1-2H3,(H,58,59,60)/b8-6-,14-12-,28-18-,34-32-. The maximum absolute atomic E-state index is 12.9. The summed E-state index contributed by atoms with van der Waals surface area (Å²) < 4.78 is 59.2. The van der Waals surface area contributed by atoms with Gasteiger partial charge in [0.15, 0.2) is 6.29 Å². The molecular weight excluding hydrogens is 861 g/mol. The quantitative estimate of drug-likeness (QED) is 0.0197. The number of ether oxygens (including phenoxy) is 4. The minimum atomic E-state index is -5.07. The molecule has 6 unspecified atom stereocenters. The molecule has 1 aliphatic heterocycles. The van der Waals surface area contributed by atoms with E-state index in [1.54, 1.807) is 0 Å². The zero-order chi connectivity index (χ0) is 48.2. The molecule has 0 aromatic rings. The van der Waals surface area contributed by atoms with Crippen LogP contribution in [0.2, 0.25) is 0 Å². The molecule has 386 valence electrons. The molecule has 66 heavy (non-hydrogen) atoms. The fourth-order valence-corrected chi connectivity index (χ4v) is 8.53. The molecule has 0 bridgehead atoms. The molecular formula is C53H96O12S. The summed E-state index contributed by atoms with van der Waals surface area (Å²) in [7, 11) is -5.07. The van der Waals surface area contributed by atoms with Crippen molar-refractivity contribution in [3.8, 4) is 0 Å². The Bertz CT molecular complexity index is 1340. The van der Waals surface area contributed by atoms with Gasteiger partial charge in [0.05, 0.1) is 19.8 Å². The molecule has 12 nitrogen and oxygen atoms in total. The van der Waals surface area contributed by atoms with Crippen molar-refractivity contribution in [2.45, 2.75) is 256 Å². The first-order chi connectivity index (χ1) is 32.1. The number of esters is 1. The molecule has 4 N–H and O–H groups in total. The fraction of sp³-hybridized carbons (Fsp3) is 0.830. The molecule has 1 fully saturated rings. The number of carbonyl (C=O) groups excluding carboxylic acids is 1. The number of allylic oxidation sites excluding steroid dienone is 8. The van der Waals surface area contributed by atoms with Crippen molar-refractivity contribution in [3.05, 3.63) is 48.6 Å². The van der Waals surface area contributed by atoms with E-state index >= 15 is 0 Å². The second kappa shape index (κ2) is 44.3. The zero-order valence-electron chi connectivity index (χ0n) is 41.5. The van der Waals surface area contributed by atoms with Gasteiger partial charge in [-0.1, -0.05) is 210 Å². The van der Waals surface area contributed by atoms with Gasteiger partial charge in [-0.15, -0.1) is 0 Å². The molecule has 0 aliphatic carbocycles. The van der Waals surface area contributed by atoms with Gasteiger partial charge < -0.3 is 34.3 Å². The molecule has 0 aromatic carbocycles. The number of unbranched alkanes of at least 4 members (excludes halogenated alkanes) is 25. The van der Waals surface area contributed by atoms with Crippen LogP contribution in [0, 0.1) is 0 Å². The minimum Gasteiger partial charge on any atom is -0.457 e. The number of rotatable bonds is 46. The third-order valence-corrected chi connectivity index (χ3v) is 12.4. The summed E-state index contributed by atoms with van der Waals surface area (Å²) in [6, 6.07) is 0. The van der Waals surface area contributed by atoms with Gasteiger partial charge in [-0.05, 0) is 51.4 Å². The predicted octanol–water partition coefficient (Wildman–Crippen LogP) is 12.3. The SMILES string of the molecule is CC/C=C\C/C=C\C/C=C\C/C=C\CCCCC(=O)OC(COCCCCCCCCCCCCCCCCCCCCCCCCCC)COC1OC(CO)C(O)C(OS(=O)(=O)O)C1O. The summed E-state index contributed by atoms with van der Waals surface area (Å²) in [5.74, 6) is -0.437. The highest BCUT2D eigenvalue weighted by Gasteiger charge is 2.48. The Kier molecular flexibility index (Phi) is 41.6. The first kappa shape index (κ1) is 62.1. The smallest absolute Gasteiger partial charge is 0.397 e. The van der Waals surface area contributed by atoms with Crippen molar-refractivity contribution >= 4 is 16.4 Å². The van der Waals surface area contributed by atoms with Crippen LogP contribution in [0.15, 0.2) is 48.6 Å². The second-order valence-electron chi connectivity index (χ2n) is 18.1. The Labute approximate surface area is 402 Å². The van der Waals surface area contributed by atoms with Gasteiger partial charge >= 0.3 is 16.4 Å². The third kappa shape index (κ3) is 37.0. The van der Waals surface area contributed by atoms with Crippen LogP contribution in [0.1, 0.15) is 219 Å². The van der Waals surface area contributed by atoms with E-state index < -0.39 is 59.8 Å². The van der Waals surface area contributed by atoms with Crippen LogP contribution >= 0.6 is 0 Å². The topological polar surface area (TPSA) is 178 Å². The Morgan fingerprint density at radius 3 is 1.50 bits per heavy atom. The van der Waals surface area contributed by atoms with Crippen molar-refractivity contribution in [1.29, 1.82) is 0 Å². The van der Waals surface area contributed by atoms with Crippen LogP contribution in [0.4, 0.5) is 0 Å². The molecule has 1 aliphatic rings. The highest BCUT2D eigenvalue weighted by molar-refractivity contribution is 7.80. The van der Waals surface area contributed by atoms with Gasteiger partial charge in [-0.3, -0.25) is 9.35 Å². The molecule has 13 heteroatoms. The van der Waals surface area contributed by atoms with Crippen LogP contribution in [0.3, 0.4) is 0 Å². The molecule has 0 radical (unpaired) electrons. The lowest BCUT2D eigenvalue weighted by molar-refractivity contribution is -0.301. The number of aliphatic hydroxyl groups is 3. The van der Waals surface area contributed by atoms with E-state index in [2.05, 4.69) is 66.6 Å². The molecule has 1 heterocycles. The lowest BCUT2D eigenvalue weighted by atomic mass is 9.99. The average molecular weight is 957 g/mol. The number of aliphatic hydroxyl groups excluding tert-OH is 3. The van der Waals surface area contributed by atoms with Crippen LogP contribution in [0.25, 0.3) is 0 Å². The van der Waals surface area contributed by atoms with E-state index in [0.717, 1.165) is 57.8 Å². The molecule has 0 aromatic heterocycles. The predicted molar refractivity (Wildman–Crippen MR) is 266 cm³/mol. The average Bonchev–Trinajstić information content (AvgIpc) is 3.29. The first-order valence-corrected chi connectivity index (χ1v) is 27.8. The zero-order valence-corrected chi connectivity index (χ0v) is 42.3. The van der Waals surface area contributed by atoms with E-state index in [1.165, 1.54) is 135 Å². The van der Waals surface area contributed by atoms with Gasteiger partial charge in [0.1, 0.15) is 30.5 Å². The second-order valence-corrected chi connectivity index (χ2v) is 19.1. The van der Waals surface area contributed by atoms with Gasteiger partial charge in [0, 0.05) is 13.0 Å². The Balaban J connectivity index is 2.32. The minimum absolute atomic E-state index is 0.0207. The van der Waals surface area contributed by atoms with Crippen molar-refractivity contribution < 1.29 is 56.2 Å². The van der Waals surface area contributed by atoms with Crippen molar-refractivity contribution in [2.24, 2.45) is 0 Å². The highest BCUT2D eigenvalue weighted by Crippen LogP contribution is 2.26. The maximum atomic E-state index is 12.9. The molecule has 0 saturated carbocycles. The molecule has 0 amide bonds. The van der Waals surface area contributed by atoms with Crippen LogP contribution < -0.4 is 0 Å². The summed E-state index contributed by atoms with van der Waals surface area (Å²) in [5, 5.41) is 30.7. The summed E-state index contributed by atoms with van der Waals surface area (Å²) in [5.41, 5.74) is 0. The van der Waals surface area contributed by atoms with Crippen LogP contribution in [-0.2, 0) is 38.3 Å². The fourth-order valence-electron chi connectivity index (χ4n) is 8.02. The first-order valence-electron chi connectivity index (χ1n) is 26.4. The van der Waals surface area contributed by atoms with Crippen LogP contribution in [-0.4, -0.2) is 97.5 Å². The van der Waals surface area contributed by atoms with Crippen molar-refractivity contribution in [2.75, 3.05) is 26.4 Å². The van der Waals surface area contributed by atoms with Gasteiger partial charge in [0.25, 0.3) is 0 Å². The Hall–Kier alpha value is -1.94. The number of hydrogen-bond donors (Lipinski definition) is 4. The normalized spacial score (nSPS) is 19.9. The summed E-state index contributed by atoms with van der Waals surface area (Å²) in [4.78, 5) is 12.9. The largest absolute Gasteiger partial charge is 0.457 e. The molecule has 6 atom stereocenters. The van der Waals surface area contributed by atoms with E-state index in [0.29, 0.717) is 13.0 Å². The monoisotopic (exact) mass is 957 g/mol. The van der Waals surface area contributed by atoms with E-state index in [4.69, 9.17) is 18.9 Å². The summed E-state index contributed by atoms with van der Waals surface area (Å²) in [6.07, 6.45) is 45.9. The summed E-state index contributed by atoms with van der Waals surface area (Å²) in [6.45, 7) is 3.85. The van der Waals surface area contributed by atoms with E-state index in [-0.39, 0.29) is 19.6 Å². The summed E-state index contributed by atoms with van der Waals surface area (Å²) >= 11 is 0. The lowest BCUT2D eigenvalue weighted by Gasteiger charge is -2.41. The van der Waals surface area contributed by atoms with E-state index in [9.17, 15) is 33.1 Å². The molecule has 1 saturated heterocycles.